The highest BCUT2D eigenvalue weighted by atomic mass is 32.2. The highest BCUT2D eigenvalue weighted by molar-refractivity contribution is 7.98. The van der Waals surface area contributed by atoms with Crippen LogP contribution in [0, 0.1) is 5.92 Å². The summed E-state index contributed by atoms with van der Waals surface area (Å²) < 4.78 is 5.22. The monoisotopic (exact) mass is 315 g/mol. The minimum Gasteiger partial charge on any atom is -0.339 e. The first-order valence-corrected chi connectivity index (χ1v) is 8.11. The summed E-state index contributed by atoms with van der Waals surface area (Å²) in [5.74, 6) is 3.21. The van der Waals surface area contributed by atoms with Gasteiger partial charge in [0.1, 0.15) is 0 Å². The van der Waals surface area contributed by atoms with E-state index in [1.54, 1.807) is 0 Å². The predicted molar refractivity (Wildman–Crippen MR) is 84.2 cm³/mol. The molecule has 114 valence electrons. The normalized spacial score (nSPS) is 11.2. The lowest BCUT2D eigenvalue weighted by Gasteiger charge is -1.95. The van der Waals surface area contributed by atoms with E-state index < -0.39 is 0 Å². The standard InChI is InChI=1S/C15H17N5OS/c1-10(2)8-13-16-12(20-21-13)9-22-15-17-14(18-19-15)11-6-4-3-5-7-11/h3-7,10H,8-9H2,1-2H3,(H,17,18,19). The molecule has 0 aliphatic rings. The number of thioether (sulfide) groups is 1. The molecule has 0 saturated carbocycles. The van der Waals surface area contributed by atoms with Crippen molar-refractivity contribution in [2.75, 3.05) is 0 Å². The Morgan fingerprint density at radius 1 is 1.18 bits per heavy atom. The van der Waals surface area contributed by atoms with Gasteiger partial charge in [0.05, 0.1) is 5.75 Å². The topological polar surface area (TPSA) is 80.5 Å². The number of rotatable bonds is 6. The average Bonchev–Trinajstić information content (AvgIpc) is 3.15. The van der Waals surface area contributed by atoms with Gasteiger partial charge in [0.15, 0.2) is 11.6 Å². The molecule has 0 bridgehead atoms. The van der Waals surface area contributed by atoms with E-state index in [2.05, 4.69) is 39.2 Å². The number of aromatic amines is 1. The van der Waals surface area contributed by atoms with Gasteiger partial charge in [0, 0.05) is 12.0 Å². The molecule has 1 aromatic carbocycles. The van der Waals surface area contributed by atoms with E-state index in [1.807, 2.05) is 30.3 Å². The van der Waals surface area contributed by atoms with Crippen molar-refractivity contribution in [1.82, 2.24) is 25.3 Å². The van der Waals surface area contributed by atoms with Crippen LogP contribution in [0.1, 0.15) is 25.6 Å². The molecule has 2 aromatic heterocycles. The van der Waals surface area contributed by atoms with Gasteiger partial charge < -0.3 is 4.52 Å². The van der Waals surface area contributed by atoms with Crippen LogP contribution in [0.5, 0.6) is 0 Å². The number of nitrogens with zero attached hydrogens (tertiary/aromatic N) is 4. The van der Waals surface area contributed by atoms with Crippen molar-refractivity contribution in [2.24, 2.45) is 5.92 Å². The number of H-pyrrole nitrogens is 1. The van der Waals surface area contributed by atoms with Gasteiger partial charge in [-0.15, -0.1) is 5.10 Å². The van der Waals surface area contributed by atoms with Crippen molar-refractivity contribution in [3.8, 4) is 11.4 Å². The molecule has 1 N–H and O–H groups in total. The van der Waals surface area contributed by atoms with Crippen LogP contribution >= 0.6 is 11.8 Å². The van der Waals surface area contributed by atoms with Crippen LogP contribution in [-0.4, -0.2) is 25.3 Å². The minimum atomic E-state index is 0.502. The van der Waals surface area contributed by atoms with Crippen LogP contribution in [0.4, 0.5) is 0 Å². The molecule has 2 heterocycles. The van der Waals surface area contributed by atoms with E-state index in [1.165, 1.54) is 11.8 Å². The summed E-state index contributed by atoms with van der Waals surface area (Å²) in [6.45, 7) is 4.24. The Labute approximate surface area is 132 Å². The van der Waals surface area contributed by atoms with Gasteiger partial charge in [0.2, 0.25) is 11.0 Å². The third-order valence-corrected chi connectivity index (χ3v) is 3.78. The van der Waals surface area contributed by atoms with Crippen LogP contribution in [0.15, 0.2) is 40.0 Å². The molecule has 0 amide bonds. The molecule has 3 aromatic rings. The van der Waals surface area contributed by atoms with Crippen molar-refractivity contribution in [2.45, 2.75) is 31.2 Å². The van der Waals surface area contributed by atoms with Crippen molar-refractivity contribution in [1.29, 1.82) is 0 Å². The minimum absolute atomic E-state index is 0.502. The molecule has 6 nitrogen and oxygen atoms in total. The van der Waals surface area contributed by atoms with Crippen LogP contribution in [-0.2, 0) is 12.2 Å². The fraction of sp³-hybridized carbons (Fsp3) is 0.333. The molecule has 0 aliphatic carbocycles. The molecule has 0 radical (unpaired) electrons. The second-order valence-corrected chi connectivity index (χ2v) is 6.27. The second kappa shape index (κ2) is 6.74. The molecular formula is C15H17N5OS. The summed E-state index contributed by atoms with van der Waals surface area (Å²) >= 11 is 1.48. The highest BCUT2D eigenvalue weighted by Gasteiger charge is 2.11. The summed E-state index contributed by atoms with van der Waals surface area (Å²) in [6, 6.07) is 9.90. The van der Waals surface area contributed by atoms with E-state index in [-0.39, 0.29) is 0 Å². The Morgan fingerprint density at radius 2 is 2.00 bits per heavy atom. The SMILES string of the molecule is CC(C)Cc1nc(CSc2n[nH]c(-c3ccccc3)n2)no1. The Hall–Kier alpha value is -2.15. The summed E-state index contributed by atoms with van der Waals surface area (Å²) in [5.41, 5.74) is 1.01. The van der Waals surface area contributed by atoms with E-state index in [0.29, 0.717) is 28.5 Å². The van der Waals surface area contributed by atoms with Gasteiger partial charge in [-0.3, -0.25) is 5.10 Å². The molecule has 0 atom stereocenters. The van der Waals surface area contributed by atoms with Gasteiger partial charge in [-0.2, -0.15) is 4.98 Å². The second-order valence-electron chi connectivity index (χ2n) is 5.32. The maximum atomic E-state index is 5.22. The van der Waals surface area contributed by atoms with Crippen molar-refractivity contribution >= 4 is 11.8 Å². The molecule has 0 fully saturated rings. The van der Waals surface area contributed by atoms with Crippen LogP contribution in [0.3, 0.4) is 0 Å². The van der Waals surface area contributed by atoms with E-state index in [4.69, 9.17) is 4.52 Å². The predicted octanol–water partition coefficient (Wildman–Crippen LogP) is 3.35. The van der Waals surface area contributed by atoms with Crippen LogP contribution < -0.4 is 0 Å². The largest absolute Gasteiger partial charge is 0.339 e. The molecular weight excluding hydrogens is 298 g/mol. The van der Waals surface area contributed by atoms with Gasteiger partial charge >= 0.3 is 0 Å². The summed E-state index contributed by atoms with van der Waals surface area (Å²) in [7, 11) is 0. The van der Waals surface area contributed by atoms with E-state index in [0.717, 1.165) is 17.8 Å². The van der Waals surface area contributed by atoms with Crippen molar-refractivity contribution < 1.29 is 4.52 Å². The molecule has 0 spiro atoms. The summed E-state index contributed by atoms with van der Waals surface area (Å²) in [4.78, 5) is 8.83. The Kier molecular flexibility index (Phi) is 4.53. The Bertz CT molecular complexity index is 722. The summed E-state index contributed by atoms with van der Waals surface area (Å²) in [5, 5.41) is 11.8. The van der Waals surface area contributed by atoms with Gasteiger partial charge in [0.25, 0.3) is 0 Å². The average molecular weight is 315 g/mol. The van der Waals surface area contributed by atoms with Crippen LogP contribution in [0.2, 0.25) is 0 Å². The van der Waals surface area contributed by atoms with Crippen molar-refractivity contribution in [3.05, 3.63) is 42.0 Å². The molecule has 22 heavy (non-hydrogen) atoms. The zero-order valence-electron chi connectivity index (χ0n) is 12.5. The van der Waals surface area contributed by atoms with Gasteiger partial charge in [-0.25, -0.2) is 4.98 Å². The number of aromatic nitrogens is 5. The highest BCUT2D eigenvalue weighted by Crippen LogP contribution is 2.21. The number of hydrogen-bond acceptors (Lipinski definition) is 6. The molecule has 0 aliphatic heterocycles. The number of nitrogens with one attached hydrogen (secondary N) is 1. The summed E-state index contributed by atoms with van der Waals surface area (Å²) in [6.07, 6.45) is 0.802. The molecule has 0 saturated heterocycles. The fourth-order valence-electron chi connectivity index (χ4n) is 1.95. The maximum absolute atomic E-state index is 5.22. The third-order valence-electron chi connectivity index (χ3n) is 2.94. The Balaban J connectivity index is 1.60. The van der Waals surface area contributed by atoms with Gasteiger partial charge in [-0.05, 0) is 5.92 Å². The fourth-order valence-corrected chi connectivity index (χ4v) is 2.59. The lowest BCUT2D eigenvalue weighted by atomic mass is 10.1. The molecule has 0 unspecified atom stereocenters. The Morgan fingerprint density at radius 3 is 2.77 bits per heavy atom. The third kappa shape index (κ3) is 3.73. The van der Waals surface area contributed by atoms with Crippen molar-refractivity contribution in [3.63, 3.8) is 0 Å². The maximum Gasteiger partial charge on any atom is 0.226 e. The number of hydrogen-bond donors (Lipinski definition) is 1. The zero-order valence-corrected chi connectivity index (χ0v) is 13.3. The lowest BCUT2D eigenvalue weighted by Crippen LogP contribution is -1.94. The smallest absolute Gasteiger partial charge is 0.226 e. The van der Waals surface area contributed by atoms with E-state index >= 15 is 0 Å². The number of benzene rings is 1. The van der Waals surface area contributed by atoms with Gasteiger partial charge in [-0.1, -0.05) is 61.1 Å². The zero-order chi connectivity index (χ0) is 15.4. The quantitative estimate of drug-likeness (QED) is 0.703. The van der Waals surface area contributed by atoms with E-state index in [9.17, 15) is 0 Å². The lowest BCUT2D eigenvalue weighted by molar-refractivity contribution is 0.360. The first-order chi connectivity index (χ1) is 10.7. The molecule has 3 rings (SSSR count). The first kappa shape index (κ1) is 14.8. The van der Waals surface area contributed by atoms with Crippen LogP contribution in [0.25, 0.3) is 11.4 Å². The molecule has 7 heteroatoms. The first-order valence-electron chi connectivity index (χ1n) is 7.13.